The van der Waals surface area contributed by atoms with E-state index in [-0.39, 0.29) is 0 Å². The molecule has 1 aliphatic carbocycles. The van der Waals surface area contributed by atoms with Crippen LogP contribution in [0.3, 0.4) is 0 Å². The van der Waals surface area contributed by atoms with Crippen LogP contribution in [0, 0.1) is 5.41 Å². The van der Waals surface area contributed by atoms with Gasteiger partial charge in [-0.1, -0.05) is 30.3 Å². The van der Waals surface area contributed by atoms with Gasteiger partial charge in [0.2, 0.25) is 5.91 Å². The van der Waals surface area contributed by atoms with E-state index in [2.05, 4.69) is 5.32 Å². The number of barbiturate groups is 1. The van der Waals surface area contributed by atoms with Crippen molar-refractivity contribution in [2.24, 2.45) is 5.41 Å². The smallest absolute Gasteiger partial charge is 0.276 e. The lowest BCUT2D eigenvalue weighted by atomic mass is 10.0. The number of anilines is 1. The molecule has 0 atom stereocenters. The third-order valence-electron chi connectivity index (χ3n) is 4.21. The Hall–Kier alpha value is -2.69. The van der Waals surface area contributed by atoms with Crippen molar-refractivity contribution in [3.63, 3.8) is 0 Å². The van der Waals surface area contributed by atoms with Crippen molar-refractivity contribution < 1.29 is 14.4 Å². The van der Waals surface area contributed by atoms with Gasteiger partial charge in [-0.25, -0.2) is 9.69 Å². The molecule has 2 aliphatic rings. The minimum absolute atomic E-state index is 0.411. The summed E-state index contributed by atoms with van der Waals surface area (Å²) in [5, 5.41) is 4.26. The fourth-order valence-electron chi connectivity index (χ4n) is 2.79. The quantitative estimate of drug-likeness (QED) is 0.814. The van der Waals surface area contributed by atoms with Crippen molar-refractivity contribution >= 4 is 34.3 Å². The van der Waals surface area contributed by atoms with E-state index in [1.807, 2.05) is 30.3 Å². The third-order valence-corrected chi connectivity index (χ3v) is 4.21. The molecule has 0 aromatic heterocycles. The van der Waals surface area contributed by atoms with E-state index in [0.717, 1.165) is 15.7 Å². The Morgan fingerprint density at radius 2 is 1.67 bits per heavy atom. The second-order valence-electron chi connectivity index (χ2n) is 5.51. The van der Waals surface area contributed by atoms with Crippen molar-refractivity contribution in [2.45, 2.75) is 12.8 Å². The van der Waals surface area contributed by atoms with Gasteiger partial charge in [0.25, 0.3) is 5.91 Å². The van der Waals surface area contributed by atoms with Gasteiger partial charge in [-0.15, -0.1) is 0 Å². The number of imide groups is 2. The van der Waals surface area contributed by atoms with Crippen LogP contribution in [0.2, 0.25) is 0 Å². The molecule has 1 saturated heterocycles. The predicted molar refractivity (Wildman–Crippen MR) is 76.6 cm³/mol. The maximum absolute atomic E-state index is 12.5. The van der Waals surface area contributed by atoms with Crippen LogP contribution in [0.5, 0.6) is 0 Å². The molecule has 2 aromatic rings. The number of fused-ring (bicyclic) bond motifs is 1. The van der Waals surface area contributed by atoms with Crippen molar-refractivity contribution in [1.82, 2.24) is 5.32 Å². The lowest BCUT2D eigenvalue weighted by Crippen LogP contribution is -2.59. The number of rotatable bonds is 1. The summed E-state index contributed by atoms with van der Waals surface area (Å²) in [5.74, 6) is -0.874. The van der Waals surface area contributed by atoms with Crippen molar-refractivity contribution in [2.75, 3.05) is 4.90 Å². The zero-order valence-corrected chi connectivity index (χ0v) is 11.1. The fourth-order valence-corrected chi connectivity index (χ4v) is 2.79. The van der Waals surface area contributed by atoms with Crippen LogP contribution in [0.15, 0.2) is 42.5 Å². The molecule has 1 N–H and O–H groups in total. The highest BCUT2D eigenvalue weighted by molar-refractivity contribution is 6.31. The standard InChI is InChI=1S/C16H12N2O3/c19-13-16(7-8-16)14(20)18(15(21)17-13)12-6-5-10-3-1-2-4-11(10)9-12/h1-6,9H,7-8H2,(H,17,19,21). The molecule has 0 radical (unpaired) electrons. The molecule has 0 unspecified atom stereocenters. The Morgan fingerprint density at radius 1 is 0.952 bits per heavy atom. The van der Waals surface area contributed by atoms with Gasteiger partial charge < -0.3 is 0 Å². The highest BCUT2D eigenvalue weighted by atomic mass is 16.2. The third kappa shape index (κ3) is 1.60. The van der Waals surface area contributed by atoms with E-state index in [4.69, 9.17) is 0 Å². The summed E-state index contributed by atoms with van der Waals surface area (Å²) in [6.45, 7) is 0. The van der Waals surface area contributed by atoms with E-state index in [9.17, 15) is 14.4 Å². The molecule has 1 aliphatic heterocycles. The largest absolute Gasteiger partial charge is 0.335 e. The predicted octanol–water partition coefficient (Wildman–Crippen LogP) is 2.20. The molecule has 104 valence electrons. The van der Waals surface area contributed by atoms with Crippen molar-refractivity contribution in [3.8, 4) is 0 Å². The molecule has 2 fully saturated rings. The average molecular weight is 280 g/mol. The first-order valence-corrected chi connectivity index (χ1v) is 6.81. The van der Waals surface area contributed by atoms with Gasteiger partial charge in [0.05, 0.1) is 5.69 Å². The van der Waals surface area contributed by atoms with E-state index in [1.165, 1.54) is 0 Å². The van der Waals surface area contributed by atoms with Gasteiger partial charge in [0.1, 0.15) is 5.41 Å². The number of carbonyl (C=O) groups excluding carboxylic acids is 3. The van der Waals surface area contributed by atoms with E-state index in [0.29, 0.717) is 18.5 Å². The minimum atomic E-state index is -1.01. The van der Waals surface area contributed by atoms with Gasteiger partial charge in [0.15, 0.2) is 0 Å². The molecular weight excluding hydrogens is 268 g/mol. The lowest BCUT2D eigenvalue weighted by Gasteiger charge is -2.30. The maximum atomic E-state index is 12.5. The Labute approximate surface area is 120 Å². The minimum Gasteiger partial charge on any atom is -0.276 e. The first-order chi connectivity index (χ1) is 10.1. The summed E-state index contributed by atoms with van der Waals surface area (Å²) in [6, 6.07) is 12.4. The summed E-state index contributed by atoms with van der Waals surface area (Å²) in [4.78, 5) is 37.4. The average Bonchev–Trinajstić information content (AvgIpc) is 3.27. The number of nitrogens with zero attached hydrogens (tertiary/aromatic N) is 1. The second-order valence-corrected chi connectivity index (χ2v) is 5.51. The molecule has 2 aromatic carbocycles. The van der Waals surface area contributed by atoms with Crippen LogP contribution >= 0.6 is 0 Å². The molecule has 4 rings (SSSR count). The molecule has 21 heavy (non-hydrogen) atoms. The molecule has 1 saturated carbocycles. The zero-order chi connectivity index (χ0) is 14.6. The summed E-state index contributed by atoms with van der Waals surface area (Å²) < 4.78 is 0. The van der Waals surface area contributed by atoms with E-state index in [1.54, 1.807) is 12.1 Å². The number of hydrogen-bond donors (Lipinski definition) is 1. The topological polar surface area (TPSA) is 66.5 Å². The summed E-state index contributed by atoms with van der Waals surface area (Å²) in [6.07, 6.45) is 1.02. The lowest BCUT2D eigenvalue weighted by molar-refractivity contribution is -0.136. The molecular formula is C16H12N2O3. The normalized spacial score (nSPS) is 20.0. The Morgan fingerprint density at radius 3 is 2.38 bits per heavy atom. The summed E-state index contributed by atoms with van der Waals surface area (Å²) >= 11 is 0. The summed E-state index contributed by atoms with van der Waals surface area (Å²) in [5.41, 5.74) is -0.519. The van der Waals surface area contributed by atoms with Gasteiger partial charge in [-0.2, -0.15) is 0 Å². The molecule has 5 nitrogen and oxygen atoms in total. The number of carbonyl (C=O) groups is 3. The van der Waals surface area contributed by atoms with Crippen LogP contribution < -0.4 is 10.2 Å². The SMILES string of the molecule is O=C1NC(=O)C2(CC2)C(=O)N1c1ccc2ccccc2c1. The number of urea groups is 1. The van der Waals surface area contributed by atoms with Crippen LogP contribution in [0.25, 0.3) is 10.8 Å². The van der Waals surface area contributed by atoms with Gasteiger partial charge in [0, 0.05) is 0 Å². The monoisotopic (exact) mass is 280 g/mol. The Balaban J connectivity index is 1.81. The number of nitrogens with one attached hydrogen (secondary N) is 1. The first kappa shape index (κ1) is 12.1. The highest BCUT2D eigenvalue weighted by Crippen LogP contribution is 2.49. The molecule has 1 heterocycles. The van der Waals surface area contributed by atoms with E-state index >= 15 is 0 Å². The second kappa shape index (κ2) is 3.91. The van der Waals surface area contributed by atoms with Crippen LogP contribution in [-0.2, 0) is 9.59 Å². The van der Waals surface area contributed by atoms with Crippen LogP contribution in [-0.4, -0.2) is 17.8 Å². The van der Waals surface area contributed by atoms with Crippen LogP contribution in [0.1, 0.15) is 12.8 Å². The number of hydrogen-bond acceptors (Lipinski definition) is 3. The van der Waals surface area contributed by atoms with Crippen LogP contribution in [0.4, 0.5) is 10.5 Å². The van der Waals surface area contributed by atoms with Crippen molar-refractivity contribution in [3.05, 3.63) is 42.5 Å². The summed E-state index contributed by atoms with van der Waals surface area (Å²) in [7, 11) is 0. The van der Waals surface area contributed by atoms with Gasteiger partial charge in [-0.05, 0) is 35.7 Å². The highest BCUT2D eigenvalue weighted by Gasteiger charge is 2.62. The number of amides is 4. The molecule has 5 heteroatoms. The van der Waals surface area contributed by atoms with Crippen molar-refractivity contribution in [1.29, 1.82) is 0 Å². The zero-order valence-electron chi connectivity index (χ0n) is 11.1. The van der Waals surface area contributed by atoms with Gasteiger partial charge >= 0.3 is 6.03 Å². The first-order valence-electron chi connectivity index (χ1n) is 6.81. The number of benzene rings is 2. The Bertz CT molecular complexity index is 808. The Kier molecular flexibility index (Phi) is 2.25. The van der Waals surface area contributed by atoms with Gasteiger partial charge in [-0.3, -0.25) is 14.9 Å². The van der Waals surface area contributed by atoms with E-state index < -0.39 is 23.3 Å². The molecule has 4 amide bonds. The fraction of sp³-hybridized carbons (Fsp3) is 0.188. The molecule has 1 spiro atoms. The maximum Gasteiger partial charge on any atom is 0.335 e. The molecule has 0 bridgehead atoms.